The van der Waals surface area contributed by atoms with Crippen molar-refractivity contribution in [2.45, 2.75) is 20.5 Å². The molecule has 4 rings (SSSR count). The first-order valence-corrected chi connectivity index (χ1v) is 13.1. The summed E-state index contributed by atoms with van der Waals surface area (Å²) in [5.41, 5.74) is 3.13. The van der Waals surface area contributed by atoms with E-state index in [-0.39, 0.29) is 5.91 Å². The Morgan fingerprint density at radius 3 is 2.31 bits per heavy atom. The third kappa shape index (κ3) is 5.65. The van der Waals surface area contributed by atoms with E-state index in [1.165, 1.54) is 4.90 Å². The van der Waals surface area contributed by atoms with E-state index in [0.717, 1.165) is 26.1 Å². The lowest BCUT2D eigenvalue weighted by Crippen LogP contribution is -2.29. The fourth-order valence-electron chi connectivity index (χ4n) is 3.80. The predicted molar refractivity (Wildman–Crippen MR) is 155 cm³/mol. The van der Waals surface area contributed by atoms with Gasteiger partial charge in [0.05, 0.1) is 16.8 Å². The highest BCUT2D eigenvalue weighted by Crippen LogP contribution is 2.37. The molecule has 6 nitrogen and oxygen atoms in total. The van der Waals surface area contributed by atoms with Gasteiger partial charge < -0.3 is 14.2 Å². The van der Waals surface area contributed by atoms with Crippen LogP contribution in [0.3, 0.4) is 0 Å². The number of thiocarbonyl (C=S) groups is 1. The molecule has 0 unspecified atom stereocenters. The molecule has 186 valence electrons. The second-order valence-corrected chi connectivity index (χ2v) is 9.50. The molecule has 0 N–H and O–H groups in total. The molecule has 3 aromatic carbocycles. The smallest absolute Gasteiger partial charge is 0.276 e. The van der Waals surface area contributed by atoms with E-state index in [4.69, 9.17) is 26.4 Å². The van der Waals surface area contributed by atoms with E-state index in [0.29, 0.717) is 42.1 Å². The Labute approximate surface area is 230 Å². The molecule has 1 aliphatic heterocycles. The van der Waals surface area contributed by atoms with E-state index < -0.39 is 0 Å². The summed E-state index contributed by atoms with van der Waals surface area (Å²) in [6.45, 7) is 5.37. The summed E-state index contributed by atoms with van der Waals surface area (Å²) in [7, 11) is 1.68. The third-order valence-electron chi connectivity index (χ3n) is 5.51. The van der Waals surface area contributed by atoms with E-state index in [1.54, 1.807) is 11.9 Å². The van der Waals surface area contributed by atoms with Gasteiger partial charge in [-0.3, -0.25) is 14.6 Å². The number of nitrogens with zero attached hydrogens (tertiary/aromatic N) is 2. The molecule has 1 amide bonds. The maximum atomic E-state index is 13.1. The fourth-order valence-corrected chi connectivity index (χ4v) is 4.87. The zero-order chi connectivity index (χ0) is 25.7. The summed E-state index contributed by atoms with van der Waals surface area (Å²) in [4.78, 5) is 16.4. The molecule has 36 heavy (non-hydrogen) atoms. The first-order chi connectivity index (χ1) is 17.4. The van der Waals surface area contributed by atoms with Crippen molar-refractivity contribution in [3.63, 3.8) is 0 Å². The van der Waals surface area contributed by atoms with Crippen molar-refractivity contribution in [3.05, 3.63) is 87.1 Å². The van der Waals surface area contributed by atoms with Crippen molar-refractivity contribution < 1.29 is 19.0 Å². The zero-order valence-electron chi connectivity index (χ0n) is 20.4. The van der Waals surface area contributed by atoms with Crippen LogP contribution in [0.4, 0.5) is 5.69 Å². The Hall–Kier alpha value is -3.11. The average molecular weight is 615 g/mol. The summed E-state index contributed by atoms with van der Waals surface area (Å²) >= 11 is 7.85. The molecule has 1 heterocycles. The number of carbonyl (C=O) groups excluding carboxylic acids is 1. The number of carbonyl (C=O) groups is 1. The Bertz CT molecular complexity index is 1280. The van der Waals surface area contributed by atoms with Crippen LogP contribution in [0.1, 0.15) is 25.0 Å². The minimum atomic E-state index is -0.175. The monoisotopic (exact) mass is 614 g/mol. The summed E-state index contributed by atoms with van der Waals surface area (Å²) < 4.78 is 18.5. The molecule has 0 atom stereocenters. The van der Waals surface area contributed by atoms with Crippen molar-refractivity contribution in [3.8, 4) is 17.2 Å². The topological polar surface area (TPSA) is 51.2 Å². The third-order valence-corrected chi connectivity index (χ3v) is 6.77. The van der Waals surface area contributed by atoms with Gasteiger partial charge in [0.15, 0.2) is 16.6 Å². The number of halogens is 1. The van der Waals surface area contributed by atoms with Crippen LogP contribution in [0, 0.1) is 3.57 Å². The van der Waals surface area contributed by atoms with Crippen molar-refractivity contribution in [2.24, 2.45) is 0 Å². The van der Waals surface area contributed by atoms with Gasteiger partial charge in [0, 0.05) is 12.7 Å². The number of hydrogen-bond donors (Lipinski definition) is 0. The molecule has 1 saturated heterocycles. The molecule has 0 spiro atoms. The predicted octanol–water partition coefficient (Wildman–Crippen LogP) is 6.27. The van der Waals surface area contributed by atoms with Crippen molar-refractivity contribution in [1.29, 1.82) is 0 Å². The number of likely N-dealkylation sites (N-methyl/N-ethyl adjacent to an activating group) is 1. The SMILES string of the molecule is CCOc1ccc(N2C(=S)N(C)C(=O)/C2=C/c2cc(I)c(OCc3ccccc3)c(OCC)c2)cc1. The number of ether oxygens (including phenoxy) is 3. The number of anilines is 1. The van der Waals surface area contributed by atoms with Gasteiger partial charge in [-0.15, -0.1) is 0 Å². The maximum Gasteiger partial charge on any atom is 0.276 e. The maximum absolute atomic E-state index is 13.1. The lowest BCUT2D eigenvalue weighted by Gasteiger charge is -2.19. The molecule has 8 heteroatoms. The normalized spacial score (nSPS) is 14.5. The fraction of sp³-hybridized carbons (Fsp3) is 0.214. The van der Waals surface area contributed by atoms with Crippen LogP contribution in [0.2, 0.25) is 0 Å². The van der Waals surface area contributed by atoms with Crippen LogP contribution in [0.25, 0.3) is 6.08 Å². The second-order valence-electron chi connectivity index (χ2n) is 7.98. The van der Waals surface area contributed by atoms with Gasteiger partial charge in [-0.25, -0.2) is 0 Å². The molecule has 0 aliphatic carbocycles. The molecule has 1 fully saturated rings. The van der Waals surface area contributed by atoms with Gasteiger partial charge >= 0.3 is 0 Å². The van der Waals surface area contributed by atoms with Crippen molar-refractivity contribution in [2.75, 3.05) is 25.2 Å². The van der Waals surface area contributed by atoms with E-state index in [2.05, 4.69) is 22.6 Å². The van der Waals surface area contributed by atoms with Crippen LogP contribution in [0.15, 0.2) is 72.4 Å². The molecular weight excluding hydrogens is 587 g/mol. The second kappa shape index (κ2) is 11.7. The number of hydrogen-bond acceptors (Lipinski definition) is 5. The van der Waals surface area contributed by atoms with E-state index >= 15 is 0 Å². The minimum Gasteiger partial charge on any atom is -0.494 e. The molecule has 0 radical (unpaired) electrons. The Balaban J connectivity index is 1.68. The molecule has 0 aromatic heterocycles. The minimum absolute atomic E-state index is 0.175. The summed E-state index contributed by atoms with van der Waals surface area (Å²) in [6.07, 6.45) is 1.83. The van der Waals surface area contributed by atoms with Crippen LogP contribution in [-0.2, 0) is 11.4 Å². The quantitative estimate of drug-likeness (QED) is 0.161. The van der Waals surface area contributed by atoms with E-state index in [9.17, 15) is 4.79 Å². The Morgan fingerprint density at radius 2 is 1.64 bits per heavy atom. The van der Waals surface area contributed by atoms with Crippen LogP contribution in [-0.4, -0.2) is 36.2 Å². The molecule has 0 bridgehead atoms. The largest absolute Gasteiger partial charge is 0.494 e. The van der Waals surface area contributed by atoms with E-state index in [1.807, 2.05) is 86.7 Å². The Morgan fingerprint density at radius 1 is 0.944 bits per heavy atom. The average Bonchev–Trinajstić information content (AvgIpc) is 3.08. The molecular formula is C28H27IN2O4S. The zero-order valence-corrected chi connectivity index (χ0v) is 23.3. The lowest BCUT2D eigenvalue weighted by atomic mass is 10.1. The van der Waals surface area contributed by atoms with Crippen LogP contribution < -0.4 is 19.1 Å². The molecule has 3 aromatic rings. The summed E-state index contributed by atoms with van der Waals surface area (Å²) in [5, 5.41) is 0.415. The van der Waals surface area contributed by atoms with Gasteiger partial charge in [0.2, 0.25) is 0 Å². The molecule has 1 aliphatic rings. The first-order valence-electron chi connectivity index (χ1n) is 11.6. The molecule has 0 saturated carbocycles. The van der Waals surface area contributed by atoms with Gasteiger partial charge in [-0.2, -0.15) is 0 Å². The first kappa shape index (κ1) is 26.0. The van der Waals surface area contributed by atoms with Gasteiger partial charge in [-0.1, -0.05) is 30.3 Å². The number of amides is 1. The summed E-state index contributed by atoms with van der Waals surface area (Å²) in [5.74, 6) is 1.89. The number of rotatable bonds is 9. The van der Waals surface area contributed by atoms with Gasteiger partial charge in [-0.05, 0) is 102 Å². The van der Waals surface area contributed by atoms with Gasteiger partial charge in [0.1, 0.15) is 18.1 Å². The highest BCUT2D eigenvalue weighted by atomic mass is 127. The lowest BCUT2D eigenvalue weighted by molar-refractivity contribution is -0.121. The highest BCUT2D eigenvalue weighted by molar-refractivity contribution is 14.1. The summed E-state index contributed by atoms with van der Waals surface area (Å²) in [6, 6.07) is 21.4. The Kier molecular flexibility index (Phi) is 8.48. The highest BCUT2D eigenvalue weighted by Gasteiger charge is 2.36. The van der Waals surface area contributed by atoms with Gasteiger partial charge in [0.25, 0.3) is 5.91 Å². The van der Waals surface area contributed by atoms with Crippen LogP contribution >= 0.6 is 34.8 Å². The van der Waals surface area contributed by atoms with Crippen molar-refractivity contribution >= 4 is 57.6 Å². The van der Waals surface area contributed by atoms with Crippen molar-refractivity contribution in [1.82, 2.24) is 4.90 Å². The van der Waals surface area contributed by atoms with Crippen LogP contribution in [0.5, 0.6) is 17.2 Å². The number of benzene rings is 3. The standard InChI is InChI=1S/C28H27IN2O4S/c1-4-33-22-13-11-21(12-14-22)31-24(27(32)30(3)28(31)36)16-20-15-23(29)26(25(17-20)34-5-2)35-18-19-9-7-6-8-10-19/h6-17H,4-5,18H2,1-3H3/b24-16-.